The van der Waals surface area contributed by atoms with Crippen LogP contribution in [0.4, 0.5) is 5.69 Å². The number of benzene rings is 1. The van der Waals surface area contributed by atoms with Gasteiger partial charge in [0.25, 0.3) is 5.91 Å². The maximum atomic E-state index is 11.9. The van der Waals surface area contributed by atoms with Crippen molar-refractivity contribution in [2.24, 2.45) is 0 Å². The minimum atomic E-state index is -0.00364. The van der Waals surface area contributed by atoms with Crippen molar-refractivity contribution < 1.29 is 9.69 Å². The van der Waals surface area contributed by atoms with Crippen molar-refractivity contribution >= 4 is 34.8 Å². The van der Waals surface area contributed by atoms with Gasteiger partial charge in [0, 0.05) is 0 Å². The molecule has 1 heterocycles. The summed E-state index contributed by atoms with van der Waals surface area (Å²) >= 11 is 11.9. The number of piperidine rings is 1. The van der Waals surface area contributed by atoms with Crippen LogP contribution in [-0.2, 0) is 4.79 Å². The zero-order valence-electron chi connectivity index (χ0n) is 10.1. The zero-order chi connectivity index (χ0) is 13.0. The van der Waals surface area contributed by atoms with Crippen LogP contribution in [0, 0.1) is 0 Å². The van der Waals surface area contributed by atoms with Crippen LogP contribution in [0.2, 0.25) is 10.0 Å². The lowest BCUT2D eigenvalue weighted by Crippen LogP contribution is -3.13. The van der Waals surface area contributed by atoms with Crippen molar-refractivity contribution in [1.29, 1.82) is 0 Å². The molecule has 0 unspecified atom stereocenters. The number of carbonyl (C=O) groups is 1. The molecule has 0 atom stereocenters. The van der Waals surface area contributed by atoms with Crippen LogP contribution in [0.5, 0.6) is 0 Å². The fourth-order valence-corrected chi connectivity index (χ4v) is 2.60. The number of nitrogens with one attached hydrogen (secondary N) is 2. The molecule has 1 fully saturated rings. The maximum absolute atomic E-state index is 11.9. The van der Waals surface area contributed by atoms with Crippen LogP contribution in [0.3, 0.4) is 0 Å². The van der Waals surface area contributed by atoms with Crippen molar-refractivity contribution in [3.05, 3.63) is 28.2 Å². The molecular weight excluding hydrogens is 271 g/mol. The number of carbonyl (C=O) groups excluding carboxylic acids is 1. The molecule has 1 aromatic carbocycles. The Morgan fingerprint density at radius 3 is 2.67 bits per heavy atom. The summed E-state index contributed by atoms with van der Waals surface area (Å²) in [6, 6.07) is 5.24. The molecule has 5 heteroatoms. The Labute approximate surface area is 117 Å². The number of amides is 1. The third-order valence-electron chi connectivity index (χ3n) is 3.20. The minimum Gasteiger partial charge on any atom is -0.327 e. The van der Waals surface area contributed by atoms with E-state index >= 15 is 0 Å². The largest absolute Gasteiger partial charge is 0.327 e. The molecule has 1 aromatic rings. The number of halogens is 2. The highest BCUT2D eigenvalue weighted by Crippen LogP contribution is 2.29. The first kappa shape index (κ1) is 13.7. The van der Waals surface area contributed by atoms with Gasteiger partial charge in [0.1, 0.15) is 0 Å². The average molecular weight is 288 g/mol. The molecule has 2 rings (SSSR count). The first-order valence-electron chi connectivity index (χ1n) is 6.24. The molecule has 0 spiro atoms. The molecule has 98 valence electrons. The number of hydrogen-bond donors (Lipinski definition) is 2. The fourth-order valence-electron chi connectivity index (χ4n) is 2.25. The number of anilines is 1. The molecule has 0 aliphatic carbocycles. The molecule has 0 bridgehead atoms. The van der Waals surface area contributed by atoms with Crippen LogP contribution < -0.4 is 10.2 Å². The second-order valence-corrected chi connectivity index (χ2v) is 5.42. The lowest BCUT2D eigenvalue weighted by molar-refractivity contribution is -0.896. The van der Waals surface area contributed by atoms with E-state index < -0.39 is 0 Å². The summed E-state index contributed by atoms with van der Waals surface area (Å²) in [5, 5.41) is 3.68. The third-order valence-corrected chi connectivity index (χ3v) is 4.02. The van der Waals surface area contributed by atoms with Crippen LogP contribution in [0.1, 0.15) is 19.3 Å². The number of rotatable bonds is 3. The van der Waals surface area contributed by atoms with Gasteiger partial charge in [0.2, 0.25) is 0 Å². The quantitative estimate of drug-likeness (QED) is 0.876. The van der Waals surface area contributed by atoms with Crippen molar-refractivity contribution in [3.63, 3.8) is 0 Å². The fraction of sp³-hybridized carbons (Fsp3) is 0.462. The molecule has 3 nitrogen and oxygen atoms in total. The highest BCUT2D eigenvalue weighted by molar-refractivity contribution is 6.43. The van der Waals surface area contributed by atoms with Crippen LogP contribution in [-0.4, -0.2) is 25.5 Å². The number of likely N-dealkylation sites (tertiary alicyclic amines) is 1. The maximum Gasteiger partial charge on any atom is 0.279 e. The molecule has 0 radical (unpaired) electrons. The second kappa shape index (κ2) is 6.41. The van der Waals surface area contributed by atoms with E-state index in [1.54, 1.807) is 18.2 Å². The smallest absolute Gasteiger partial charge is 0.279 e. The highest BCUT2D eigenvalue weighted by atomic mass is 35.5. The van der Waals surface area contributed by atoms with E-state index in [1.807, 2.05) is 0 Å². The molecule has 1 aliphatic rings. The van der Waals surface area contributed by atoms with Gasteiger partial charge in [-0.05, 0) is 31.4 Å². The predicted octanol–water partition coefficient (Wildman–Crippen LogP) is 2.00. The number of hydrogen-bond acceptors (Lipinski definition) is 1. The van der Waals surface area contributed by atoms with E-state index in [4.69, 9.17) is 23.2 Å². The average Bonchev–Trinajstić information content (AvgIpc) is 2.36. The van der Waals surface area contributed by atoms with Gasteiger partial charge in [0.05, 0.1) is 28.8 Å². The monoisotopic (exact) mass is 287 g/mol. The standard InChI is InChI=1S/C13H16Cl2N2O/c14-10-5-4-6-11(13(10)15)16-12(18)9-17-7-2-1-3-8-17/h4-6H,1-3,7-9H2,(H,16,18)/p+1. The number of quaternary nitrogens is 1. The Hall–Kier alpha value is -0.770. The molecular formula is C13H17Cl2N2O+. The molecule has 1 aliphatic heterocycles. The highest BCUT2D eigenvalue weighted by Gasteiger charge is 2.18. The SMILES string of the molecule is O=C(C[NH+]1CCCCC1)Nc1cccc(Cl)c1Cl. The summed E-state index contributed by atoms with van der Waals surface area (Å²) in [6.07, 6.45) is 3.70. The molecule has 2 N–H and O–H groups in total. The zero-order valence-corrected chi connectivity index (χ0v) is 11.7. The Bertz CT molecular complexity index is 431. The van der Waals surface area contributed by atoms with Crippen LogP contribution in [0.25, 0.3) is 0 Å². The van der Waals surface area contributed by atoms with E-state index in [0.717, 1.165) is 13.1 Å². The Morgan fingerprint density at radius 2 is 1.94 bits per heavy atom. The van der Waals surface area contributed by atoms with Gasteiger partial charge in [0.15, 0.2) is 6.54 Å². The lowest BCUT2D eigenvalue weighted by atomic mass is 10.1. The van der Waals surface area contributed by atoms with Crippen LogP contribution in [0.15, 0.2) is 18.2 Å². The summed E-state index contributed by atoms with van der Waals surface area (Å²) in [7, 11) is 0. The topological polar surface area (TPSA) is 33.5 Å². The molecule has 18 heavy (non-hydrogen) atoms. The van der Waals surface area contributed by atoms with Crippen molar-refractivity contribution in [3.8, 4) is 0 Å². The minimum absolute atomic E-state index is 0.00364. The van der Waals surface area contributed by atoms with Crippen molar-refractivity contribution in [1.82, 2.24) is 0 Å². The summed E-state index contributed by atoms with van der Waals surface area (Å²) in [5.74, 6) is -0.00364. The van der Waals surface area contributed by atoms with Crippen molar-refractivity contribution in [2.75, 3.05) is 25.0 Å². The summed E-state index contributed by atoms with van der Waals surface area (Å²) in [5.41, 5.74) is 0.588. The van der Waals surface area contributed by atoms with E-state index in [9.17, 15) is 4.79 Å². The van der Waals surface area contributed by atoms with Gasteiger partial charge in [-0.2, -0.15) is 0 Å². The molecule has 0 saturated carbocycles. The Morgan fingerprint density at radius 1 is 1.22 bits per heavy atom. The molecule has 1 saturated heterocycles. The van der Waals surface area contributed by atoms with Gasteiger partial charge < -0.3 is 10.2 Å². The molecule has 0 aromatic heterocycles. The van der Waals surface area contributed by atoms with Gasteiger partial charge >= 0.3 is 0 Å². The normalized spacial score (nSPS) is 16.6. The third kappa shape index (κ3) is 3.61. The van der Waals surface area contributed by atoms with E-state index in [1.165, 1.54) is 24.2 Å². The predicted molar refractivity (Wildman–Crippen MR) is 74.5 cm³/mol. The summed E-state index contributed by atoms with van der Waals surface area (Å²) < 4.78 is 0. The summed E-state index contributed by atoms with van der Waals surface area (Å²) in [6.45, 7) is 2.66. The van der Waals surface area contributed by atoms with Gasteiger partial charge in [-0.1, -0.05) is 29.3 Å². The van der Waals surface area contributed by atoms with Gasteiger partial charge in [-0.15, -0.1) is 0 Å². The van der Waals surface area contributed by atoms with Crippen molar-refractivity contribution in [2.45, 2.75) is 19.3 Å². The molecule has 1 amide bonds. The first-order valence-corrected chi connectivity index (χ1v) is 7.00. The van der Waals surface area contributed by atoms with E-state index in [2.05, 4.69) is 5.32 Å². The van der Waals surface area contributed by atoms with E-state index in [0.29, 0.717) is 22.3 Å². The van der Waals surface area contributed by atoms with E-state index in [-0.39, 0.29) is 5.91 Å². The lowest BCUT2D eigenvalue weighted by Gasteiger charge is -2.22. The first-order chi connectivity index (χ1) is 8.66. The van der Waals surface area contributed by atoms with Crippen LogP contribution >= 0.6 is 23.2 Å². The Kier molecular flexibility index (Phi) is 4.87. The van der Waals surface area contributed by atoms with Gasteiger partial charge in [-0.3, -0.25) is 4.79 Å². The second-order valence-electron chi connectivity index (χ2n) is 4.64. The van der Waals surface area contributed by atoms with Gasteiger partial charge in [-0.25, -0.2) is 0 Å². The summed E-state index contributed by atoms with van der Waals surface area (Å²) in [4.78, 5) is 13.3. The Balaban J connectivity index is 1.92.